The second kappa shape index (κ2) is 8.50. The number of nitrogens with one attached hydrogen (secondary N) is 2. The number of nitrogens with zero attached hydrogens (tertiary/aromatic N) is 1. The number of amides is 1. The van der Waals surface area contributed by atoms with Gasteiger partial charge in [0.2, 0.25) is 10.0 Å². The van der Waals surface area contributed by atoms with Crippen LogP contribution in [0.25, 0.3) is 0 Å². The second-order valence-electron chi connectivity index (χ2n) is 7.30. The molecule has 2 fully saturated rings. The van der Waals surface area contributed by atoms with Crippen molar-refractivity contribution in [2.75, 3.05) is 26.2 Å². The average molecular weight is 380 g/mol. The van der Waals surface area contributed by atoms with E-state index in [1.54, 1.807) is 18.2 Å². The lowest BCUT2D eigenvalue weighted by atomic mass is 10.0. The summed E-state index contributed by atoms with van der Waals surface area (Å²) in [4.78, 5) is 15.2. The van der Waals surface area contributed by atoms with Crippen LogP contribution >= 0.6 is 0 Å². The smallest absolute Gasteiger partial charge is 0.254 e. The summed E-state index contributed by atoms with van der Waals surface area (Å²) in [6, 6.07) is 6.66. The van der Waals surface area contributed by atoms with Crippen LogP contribution in [0.2, 0.25) is 0 Å². The van der Waals surface area contributed by atoms with Crippen LogP contribution in [0, 0.1) is 5.92 Å². The molecule has 0 radical (unpaired) electrons. The molecular formula is C19H29N3O3S. The maximum absolute atomic E-state index is 13.1. The van der Waals surface area contributed by atoms with Gasteiger partial charge in [0.15, 0.2) is 0 Å². The predicted molar refractivity (Wildman–Crippen MR) is 102 cm³/mol. The molecule has 0 aromatic heterocycles. The molecule has 1 heterocycles. The normalized spacial score (nSPS) is 18.7. The Bertz CT molecular complexity index is 725. The monoisotopic (exact) mass is 379 g/mol. The van der Waals surface area contributed by atoms with Gasteiger partial charge < -0.3 is 10.2 Å². The SMILES string of the molecule is CCCN(C(=O)c1cccc(S(=O)(=O)NCC2CC2)c1)C1CCNCC1. The molecule has 1 saturated heterocycles. The number of benzene rings is 1. The minimum Gasteiger partial charge on any atom is -0.336 e. The van der Waals surface area contributed by atoms with Crippen molar-refractivity contribution in [2.24, 2.45) is 5.92 Å². The van der Waals surface area contributed by atoms with Gasteiger partial charge in [-0.2, -0.15) is 0 Å². The lowest BCUT2D eigenvalue weighted by Crippen LogP contribution is -2.46. The fourth-order valence-corrected chi connectivity index (χ4v) is 4.57. The number of hydrogen-bond acceptors (Lipinski definition) is 4. The van der Waals surface area contributed by atoms with Crippen molar-refractivity contribution in [3.8, 4) is 0 Å². The summed E-state index contributed by atoms with van der Waals surface area (Å²) in [7, 11) is -3.56. The van der Waals surface area contributed by atoms with Gasteiger partial charge in [-0.3, -0.25) is 4.79 Å². The van der Waals surface area contributed by atoms with E-state index in [0.717, 1.165) is 45.2 Å². The van der Waals surface area contributed by atoms with Gasteiger partial charge >= 0.3 is 0 Å². The van der Waals surface area contributed by atoms with Gasteiger partial charge in [0.05, 0.1) is 4.90 Å². The van der Waals surface area contributed by atoms with Crippen molar-refractivity contribution in [3.63, 3.8) is 0 Å². The first-order chi connectivity index (χ1) is 12.5. The molecule has 2 aliphatic rings. The van der Waals surface area contributed by atoms with Crippen molar-refractivity contribution >= 4 is 15.9 Å². The topological polar surface area (TPSA) is 78.5 Å². The fraction of sp³-hybridized carbons (Fsp3) is 0.632. The highest BCUT2D eigenvalue weighted by Gasteiger charge is 2.27. The molecule has 0 unspecified atom stereocenters. The van der Waals surface area contributed by atoms with Crippen molar-refractivity contribution in [1.82, 2.24) is 14.9 Å². The Labute approximate surface area is 156 Å². The molecule has 0 spiro atoms. The minimum absolute atomic E-state index is 0.0713. The van der Waals surface area contributed by atoms with Crippen LogP contribution in [-0.2, 0) is 10.0 Å². The van der Waals surface area contributed by atoms with Gasteiger partial charge in [-0.25, -0.2) is 13.1 Å². The summed E-state index contributed by atoms with van der Waals surface area (Å²) in [6.45, 7) is 5.07. The molecule has 1 saturated carbocycles. The number of carbonyl (C=O) groups is 1. The molecule has 1 aromatic rings. The lowest BCUT2D eigenvalue weighted by Gasteiger charge is -2.34. The van der Waals surface area contributed by atoms with Crippen molar-refractivity contribution < 1.29 is 13.2 Å². The molecule has 1 aromatic carbocycles. The van der Waals surface area contributed by atoms with Gasteiger partial charge in [-0.1, -0.05) is 13.0 Å². The molecule has 1 aliphatic carbocycles. The molecule has 26 heavy (non-hydrogen) atoms. The van der Waals surface area contributed by atoms with E-state index in [2.05, 4.69) is 17.0 Å². The van der Waals surface area contributed by atoms with E-state index < -0.39 is 10.0 Å². The predicted octanol–water partition coefficient (Wildman–Crippen LogP) is 1.98. The van der Waals surface area contributed by atoms with Gasteiger partial charge in [-0.15, -0.1) is 0 Å². The summed E-state index contributed by atoms with van der Waals surface area (Å²) in [5.74, 6) is 0.396. The number of piperidine rings is 1. The highest BCUT2D eigenvalue weighted by molar-refractivity contribution is 7.89. The fourth-order valence-electron chi connectivity index (χ4n) is 3.40. The third-order valence-electron chi connectivity index (χ3n) is 5.13. The van der Waals surface area contributed by atoms with Crippen LogP contribution in [0.15, 0.2) is 29.2 Å². The van der Waals surface area contributed by atoms with Gasteiger partial charge in [0.1, 0.15) is 0 Å². The summed E-state index contributed by atoms with van der Waals surface area (Å²) < 4.78 is 27.6. The maximum Gasteiger partial charge on any atom is 0.254 e. The lowest BCUT2D eigenvalue weighted by molar-refractivity contribution is 0.0642. The van der Waals surface area contributed by atoms with E-state index in [9.17, 15) is 13.2 Å². The third kappa shape index (κ3) is 4.84. The van der Waals surface area contributed by atoms with Crippen molar-refractivity contribution in [3.05, 3.63) is 29.8 Å². The Morgan fingerprint density at radius 1 is 1.23 bits per heavy atom. The maximum atomic E-state index is 13.1. The summed E-state index contributed by atoms with van der Waals surface area (Å²) in [5.41, 5.74) is 0.450. The zero-order valence-corrected chi connectivity index (χ0v) is 16.2. The first kappa shape index (κ1) is 19.3. The number of rotatable bonds is 8. The zero-order chi connectivity index (χ0) is 18.6. The van der Waals surface area contributed by atoms with E-state index in [1.807, 2.05) is 4.90 Å². The number of carbonyl (C=O) groups excluding carboxylic acids is 1. The quantitative estimate of drug-likeness (QED) is 0.724. The van der Waals surface area contributed by atoms with Crippen molar-refractivity contribution in [1.29, 1.82) is 0 Å². The van der Waals surface area contributed by atoms with E-state index in [4.69, 9.17) is 0 Å². The van der Waals surface area contributed by atoms with Gasteiger partial charge in [-0.05, 0) is 69.3 Å². The third-order valence-corrected chi connectivity index (χ3v) is 6.55. The Kier molecular flexibility index (Phi) is 6.32. The number of hydrogen-bond donors (Lipinski definition) is 2. The molecule has 1 aliphatic heterocycles. The van der Waals surface area contributed by atoms with Gasteiger partial charge in [0.25, 0.3) is 5.91 Å². The van der Waals surface area contributed by atoms with Crippen LogP contribution in [-0.4, -0.2) is 51.4 Å². The molecule has 7 heteroatoms. The molecule has 3 rings (SSSR count). The molecule has 1 amide bonds. The first-order valence-corrected chi connectivity index (χ1v) is 11.1. The highest BCUT2D eigenvalue weighted by Crippen LogP contribution is 2.28. The van der Waals surface area contributed by atoms with Crippen LogP contribution in [0.3, 0.4) is 0 Å². The molecule has 0 atom stereocenters. The van der Waals surface area contributed by atoms with E-state index in [0.29, 0.717) is 24.6 Å². The molecule has 6 nitrogen and oxygen atoms in total. The van der Waals surface area contributed by atoms with Gasteiger partial charge in [0, 0.05) is 24.7 Å². The molecule has 144 valence electrons. The molecule has 2 N–H and O–H groups in total. The van der Waals surface area contributed by atoms with Crippen molar-refractivity contribution in [2.45, 2.75) is 50.0 Å². The zero-order valence-electron chi connectivity index (χ0n) is 15.4. The minimum atomic E-state index is -3.56. The Balaban J connectivity index is 1.77. The Morgan fingerprint density at radius 2 is 1.96 bits per heavy atom. The van der Waals surface area contributed by atoms with E-state index >= 15 is 0 Å². The highest BCUT2D eigenvalue weighted by atomic mass is 32.2. The summed E-state index contributed by atoms with van der Waals surface area (Å²) in [5, 5.41) is 3.32. The summed E-state index contributed by atoms with van der Waals surface area (Å²) >= 11 is 0. The Hall–Kier alpha value is -1.44. The number of sulfonamides is 1. The van der Waals surface area contributed by atoms with Crippen LogP contribution < -0.4 is 10.0 Å². The first-order valence-electron chi connectivity index (χ1n) is 9.62. The Morgan fingerprint density at radius 3 is 2.62 bits per heavy atom. The van der Waals surface area contributed by atoms with Crippen LogP contribution in [0.5, 0.6) is 0 Å². The molecule has 0 bridgehead atoms. The van der Waals surface area contributed by atoms with E-state index in [-0.39, 0.29) is 16.8 Å². The standard InChI is InChI=1S/C19H29N3O3S/c1-2-12-22(17-8-10-20-11-9-17)19(23)16-4-3-5-18(13-16)26(24,25)21-14-15-6-7-15/h3-5,13,15,17,20-21H,2,6-12,14H2,1H3. The van der Waals surface area contributed by atoms with E-state index in [1.165, 1.54) is 6.07 Å². The average Bonchev–Trinajstić information content (AvgIpc) is 3.49. The van der Waals surface area contributed by atoms with Crippen LogP contribution in [0.1, 0.15) is 49.4 Å². The molecular weight excluding hydrogens is 350 g/mol. The van der Waals surface area contributed by atoms with Crippen LogP contribution in [0.4, 0.5) is 0 Å². The summed E-state index contributed by atoms with van der Waals surface area (Å²) in [6.07, 6.45) is 4.93. The second-order valence-corrected chi connectivity index (χ2v) is 9.07. The largest absolute Gasteiger partial charge is 0.336 e.